The first kappa shape index (κ1) is 11.8. The van der Waals surface area contributed by atoms with Gasteiger partial charge in [-0.15, -0.1) is 0 Å². The number of hydrogen-bond acceptors (Lipinski definition) is 3. The lowest BCUT2D eigenvalue weighted by molar-refractivity contribution is 0.508. The lowest BCUT2D eigenvalue weighted by Crippen LogP contribution is -2.02. The Morgan fingerprint density at radius 2 is 2.12 bits per heavy atom. The number of nitrogens with two attached hydrogens (primary N) is 1. The first-order valence-corrected chi connectivity index (χ1v) is 6.39. The fourth-order valence-corrected chi connectivity index (χ4v) is 2.16. The Morgan fingerprint density at radius 1 is 1.31 bits per heavy atom. The quantitative estimate of drug-likeness (QED) is 0.927. The third-order valence-electron chi connectivity index (χ3n) is 2.11. The van der Waals surface area contributed by atoms with Crippen molar-refractivity contribution in [1.29, 1.82) is 0 Å². The molecule has 0 fully saturated rings. The molecule has 2 N–H and O–H groups in total. The van der Waals surface area contributed by atoms with Gasteiger partial charge in [0.05, 0.1) is 6.20 Å². The van der Waals surface area contributed by atoms with Crippen LogP contribution in [0.25, 0.3) is 11.3 Å². The van der Waals surface area contributed by atoms with Crippen LogP contribution in [0.1, 0.15) is 5.89 Å². The van der Waals surface area contributed by atoms with Crippen molar-refractivity contribution >= 4 is 31.9 Å². The standard InChI is InChI=1S/C11H10Br2N2O/c12-7-1-2-9(13)8(5-7)10-6-15-11(16-10)3-4-14/h1-2,5-6H,3-4,14H2. The normalized spacial score (nSPS) is 10.7. The zero-order chi connectivity index (χ0) is 11.5. The fourth-order valence-electron chi connectivity index (χ4n) is 1.36. The molecule has 5 heteroatoms. The minimum atomic E-state index is 0.541. The average Bonchev–Trinajstić information content (AvgIpc) is 2.71. The monoisotopic (exact) mass is 344 g/mol. The molecule has 0 aliphatic heterocycles. The maximum absolute atomic E-state index is 5.60. The Morgan fingerprint density at radius 3 is 2.88 bits per heavy atom. The Hall–Kier alpha value is -0.650. The van der Waals surface area contributed by atoms with Crippen LogP contribution in [0.3, 0.4) is 0 Å². The van der Waals surface area contributed by atoms with Crippen molar-refractivity contribution in [3.8, 4) is 11.3 Å². The summed E-state index contributed by atoms with van der Waals surface area (Å²) in [5.41, 5.74) is 6.42. The molecular formula is C11H10Br2N2O. The number of benzene rings is 1. The zero-order valence-electron chi connectivity index (χ0n) is 8.41. The highest BCUT2D eigenvalue weighted by atomic mass is 79.9. The third-order valence-corrected chi connectivity index (χ3v) is 3.29. The second kappa shape index (κ2) is 5.12. The summed E-state index contributed by atoms with van der Waals surface area (Å²) in [5, 5.41) is 0. The molecule has 0 bridgehead atoms. The van der Waals surface area contributed by atoms with Gasteiger partial charge in [0, 0.05) is 27.5 Å². The molecule has 0 spiro atoms. The van der Waals surface area contributed by atoms with Gasteiger partial charge in [-0.05, 0) is 18.2 Å². The number of halogens is 2. The molecule has 0 unspecified atom stereocenters. The first-order chi connectivity index (χ1) is 7.70. The second-order valence-electron chi connectivity index (χ2n) is 3.28. The predicted octanol–water partition coefficient (Wildman–Crippen LogP) is 3.37. The van der Waals surface area contributed by atoms with Crippen LogP contribution in [0.4, 0.5) is 0 Å². The zero-order valence-corrected chi connectivity index (χ0v) is 11.6. The number of aromatic nitrogens is 1. The Labute approximate surface area is 110 Å². The van der Waals surface area contributed by atoms with Gasteiger partial charge in [0.2, 0.25) is 0 Å². The molecule has 2 aromatic rings. The highest BCUT2D eigenvalue weighted by Gasteiger charge is 2.09. The summed E-state index contributed by atoms with van der Waals surface area (Å²) in [6.45, 7) is 0.541. The van der Waals surface area contributed by atoms with Crippen molar-refractivity contribution in [1.82, 2.24) is 4.98 Å². The van der Waals surface area contributed by atoms with E-state index in [-0.39, 0.29) is 0 Å². The van der Waals surface area contributed by atoms with E-state index in [0.29, 0.717) is 18.9 Å². The van der Waals surface area contributed by atoms with Crippen LogP contribution < -0.4 is 5.73 Å². The van der Waals surface area contributed by atoms with Gasteiger partial charge >= 0.3 is 0 Å². The van der Waals surface area contributed by atoms with Crippen molar-refractivity contribution in [3.05, 3.63) is 39.2 Å². The molecule has 0 radical (unpaired) electrons. The molecule has 1 aromatic carbocycles. The van der Waals surface area contributed by atoms with E-state index in [1.807, 2.05) is 18.2 Å². The van der Waals surface area contributed by atoms with E-state index in [1.54, 1.807) is 6.20 Å². The van der Waals surface area contributed by atoms with E-state index in [2.05, 4.69) is 36.8 Å². The molecule has 0 atom stereocenters. The second-order valence-corrected chi connectivity index (χ2v) is 5.05. The summed E-state index contributed by atoms with van der Waals surface area (Å²) in [6, 6.07) is 5.91. The molecule has 1 heterocycles. The summed E-state index contributed by atoms with van der Waals surface area (Å²) >= 11 is 6.91. The average molecular weight is 346 g/mol. The summed E-state index contributed by atoms with van der Waals surface area (Å²) < 4.78 is 7.58. The summed E-state index contributed by atoms with van der Waals surface area (Å²) in [6.07, 6.45) is 2.38. The highest BCUT2D eigenvalue weighted by molar-refractivity contribution is 9.11. The largest absolute Gasteiger partial charge is 0.441 e. The van der Waals surface area contributed by atoms with Crippen molar-refractivity contribution in [3.63, 3.8) is 0 Å². The summed E-state index contributed by atoms with van der Waals surface area (Å²) in [4.78, 5) is 4.17. The lowest BCUT2D eigenvalue weighted by Gasteiger charge is -2.00. The van der Waals surface area contributed by atoms with Crippen molar-refractivity contribution in [2.75, 3.05) is 6.54 Å². The Balaban J connectivity index is 2.38. The topological polar surface area (TPSA) is 52.0 Å². The van der Waals surface area contributed by atoms with E-state index in [9.17, 15) is 0 Å². The fraction of sp³-hybridized carbons (Fsp3) is 0.182. The Bertz CT molecular complexity index is 496. The van der Waals surface area contributed by atoms with Gasteiger partial charge < -0.3 is 10.2 Å². The summed E-state index contributed by atoms with van der Waals surface area (Å²) in [5.74, 6) is 1.42. The van der Waals surface area contributed by atoms with Gasteiger partial charge in [-0.2, -0.15) is 0 Å². The molecule has 16 heavy (non-hydrogen) atoms. The van der Waals surface area contributed by atoms with Crippen LogP contribution in [0.5, 0.6) is 0 Å². The highest BCUT2D eigenvalue weighted by Crippen LogP contribution is 2.31. The van der Waals surface area contributed by atoms with Crippen LogP contribution >= 0.6 is 31.9 Å². The first-order valence-electron chi connectivity index (χ1n) is 4.81. The molecule has 0 saturated heterocycles. The van der Waals surface area contributed by atoms with Gasteiger partial charge in [0.25, 0.3) is 0 Å². The molecule has 0 aliphatic rings. The van der Waals surface area contributed by atoms with Gasteiger partial charge in [0.15, 0.2) is 11.7 Å². The number of oxazole rings is 1. The van der Waals surface area contributed by atoms with Crippen LogP contribution in [-0.2, 0) is 6.42 Å². The minimum absolute atomic E-state index is 0.541. The van der Waals surface area contributed by atoms with Crippen LogP contribution in [-0.4, -0.2) is 11.5 Å². The van der Waals surface area contributed by atoms with Gasteiger partial charge in [-0.1, -0.05) is 31.9 Å². The minimum Gasteiger partial charge on any atom is -0.441 e. The molecule has 0 amide bonds. The van der Waals surface area contributed by atoms with E-state index >= 15 is 0 Å². The predicted molar refractivity (Wildman–Crippen MR) is 70.1 cm³/mol. The van der Waals surface area contributed by atoms with Crippen LogP contribution in [0.2, 0.25) is 0 Å². The summed E-state index contributed by atoms with van der Waals surface area (Å²) in [7, 11) is 0. The van der Waals surface area contributed by atoms with Crippen molar-refractivity contribution in [2.24, 2.45) is 5.73 Å². The molecule has 2 rings (SSSR count). The third kappa shape index (κ3) is 2.53. The van der Waals surface area contributed by atoms with Gasteiger partial charge in [-0.25, -0.2) is 4.98 Å². The Kier molecular flexibility index (Phi) is 3.78. The number of rotatable bonds is 3. The maximum Gasteiger partial charge on any atom is 0.196 e. The molecule has 0 saturated carbocycles. The SMILES string of the molecule is NCCc1ncc(-c2cc(Br)ccc2Br)o1. The smallest absolute Gasteiger partial charge is 0.196 e. The maximum atomic E-state index is 5.60. The van der Waals surface area contributed by atoms with Gasteiger partial charge in [-0.3, -0.25) is 0 Å². The molecule has 1 aromatic heterocycles. The van der Waals surface area contributed by atoms with E-state index < -0.39 is 0 Å². The van der Waals surface area contributed by atoms with E-state index in [0.717, 1.165) is 20.3 Å². The van der Waals surface area contributed by atoms with Crippen molar-refractivity contribution in [2.45, 2.75) is 6.42 Å². The van der Waals surface area contributed by atoms with E-state index in [1.165, 1.54) is 0 Å². The molecule has 84 valence electrons. The molecule has 0 aliphatic carbocycles. The molecular weight excluding hydrogens is 336 g/mol. The molecule has 3 nitrogen and oxygen atoms in total. The number of nitrogens with zero attached hydrogens (tertiary/aromatic N) is 1. The lowest BCUT2D eigenvalue weighted by atomic mass is 10.2. The van der Waals surface area contributed by atoms with Gasteiger partial charge in [0.1, 0.15) is 0 Å². The van der Waals surface area contributed by atoms with Crippen LogP contribution in [0.15, 0.2) is 37.8 Å². The number of hydrogen-bond donors (Lipinski definition) is 1. The van der Waals surface area contributed by atoms with E-state index in [4.69, 9.17) is 10.2 Å². The van der Waals surface area contributed by atoms with Crippen molar-refractivity contribution < 1.29 is 4.42 Å². The van der Waals surface area contributed by atoms with Crippen LogP contribution in [0, 0.1) is 0 Å².